The lowest BCUT2D eigenvalue weighted by atomic mass is 9.65. The Morgan fingerprint density at radius 2 is 1.92 bits per heavy atom. The van der Waals surface area contributed by atoms with Gasteiger partial charge in [0.25, 0.3) is 5.91 Å². The first-order valence-corrected chi connectivity index (χ1v) is 9.36. The number of rotatable bonds is 5. The van der Waals surface area contributed by atoms with Crippen molar-refractivity contribution in [2.45, 2.75) is 65.8 Å². The van der Waals surface area contributed by atoms with Crippen LogP contribution in [-0.2, 0) is 0 Å². The number of hydrogen-bond acceptors (Lipinski definition) is 2. The molecular formula is C21H31NO2. The third kappa shape index (κ3) is 3.60. The van der Waals surface area contributed by atoms with Gasteiger partial charge < -0.3 is 9.64 Å². The number of benzene rings is 1. The minimum absolute atomic E-state index is 0.182. The van der Waals surface area contributed by atoms with E-state index in [1.807, 2.05) is 24.3 Å². The van der Waals surface area contributed by atoms with Crippen LogP contribution in [0.15, 0.2) is 24.3 Å². The molecule has 2 bridgehead atoms. The maximum atomic E-state index is 13.0. The summed E-state index contributed by atoms with van der Waals surface area (Å²) >= 11 is 0. The van der Waals surface area contributed by atoms with Crippen LogP contribution in [0.25, 0.3) is 0 Å². The van der Waals surface area contributed by atoms with Crippen molar-refractivity contribution in [3.8, 4) is 5.75 Å². The van der Waals surface area contributed by atoms with Gasteiger partial charge in [-0.3, -0.25) is 4.79 Å². The standard InChI is InChI=1S/C21H31NO2/c1-5-6-11-24-18-9-7-16(8-10-18)19(23)22-15-21(4)13-17(22)12-20(2,3)14-21/h7-10,17H,5-6,11-15H2,1-4H3. The smallest absolute Gasteiger partial charge is 0.254 e. The Balaban J connectivity index is 1.69. The van der Waals surface area contributed by atoms with Gasteiger partial charge in [0.15, 0.2) is 0 Å². The molecule has 24 heavy (non-hydrogen) atoms. The molecule has 0 radical (unpaired) electrons. The Hall–Kier alpha value is -1.51. The summed E-state index contributed by atoms with van der Waals surface area (Å²) in [7, 11) is 0. The zero-order chi connectivity index (χ0) is 17.4. The number of likely N-dealkylation sites (tertiary alicyclic amines) is 1. The predicted octanol–water partition coefficient (Wildman–Crippen LogP) is 4.91. The zero-order valence-electron chi connectivity index (χ0n) is 15.6. The fourth-order valence-electron chi connectivity index (χ4n) is 4.89. The highest BCUT2D eigenvalue weighted by molar-refractivity contribution is 5.94. The van der Waals surface area contributed by atoms with E-state index in [2.05, 4.69) is 32.6 Å². The van der Waals surface area contributed by atoms with Crippen LogP contribution in [0.3, 0.4) is 0 Å². The number of amides is 1. The number of carbonyl (C=O) groups is 1. The van der Waals surface area contributed by atoms with E-state index in [0.717, 1.165) is 50.1 Å². The number of fused-ring (bicyclic) bond motifs is 2. The van der Waals surface area contributed by atoms with Gasteiger partial charge in [-0.15, -0.1) is 0 Å². The molecule has 1 aliphatic carbocycles. The van der Waals surface area contributed by atoms with E-state index in [9.17, 15) is 4.79 Å². The van der Waals surface area contributed by atoms with Crippen LogP contribution in [0.2, 0.25) is 0 Å². The molecule has 3 rings (SSSR count). The summed E-state index contributed by atoms with van der Waals surface area (Å²) in [4.78, 5) is 15.1. The monoisotopic (exact) mass is 329 g/mol. The quantitative estimate of drug-likeness (QED) is 0.719. The zero-order valence-corrected chi connectivity index (χ0v) is 15.6. The Kier molecular flexibility index (Phi) is 4.63. The molecule has 1 heterocycles. The predicted molar refractivity (Wildman–Crippen MR) is 97.4 cm³/mol. The van der Waals surface area contributed by atoms with Crippen molar-refractivity contribution in [3.63, 3.8) is 0 Å². The molecule has 2 unspecified atom stereocenters. The maximum absolute atomic E-state index is 13.0. The lowest BCUT2D eigenvalue weighted by molar-refractivity contribution is 0.0708. The van der Waals surface area contributed by atoms with Crippen LogP contribution < -0.4 is 4.74 Å². The second-order valence-electron chi connectivity index (χ2n) is 8.87. The second kappa shape index (κ2) is 6.42. The third-order valence-electron chi connectivity index (χ3n) is 5.54. The molecule has 0 aromatic heterocycles. The molecule has 1 amide bonds. The van der Waals surface area contributed by atoms with Crippen LogP contribution in [0.1, 0.15) is 70.2 Å². The molecule has 3 nitrogen and oxygen atoms in total. The van der Waals surface area contributed by atoms with E-state index in [0.29, 0.717) is 11.5 Å². The fourth-order valence-corrected chi connectivity index (χ4v) is 4.89. The first-order chi connectivity index (χ1) is 11.3. The van der Waals surface area contributed by atoms with Crippen molar-refractivity contribution in [3.05, 3.63) is 29.8 Å². The second-order valence-corrected chi connectivity index (χ2v) is 8.87. The van der Waals surface area contributed by atoms with Crippen LogP contribution >= 0.6 is 0 Å². The lowest BCUT2D eigenvalue weighted by Gasteiger charge is -2.39. The van der Waals surface area contributed by atoms with E-state index in [1.165, 1.54) is 6.42 Å². The summed E-state index contributed by atoms with van der Waals surface area (Å²) in [5.74, 6) is 1.04. The Bertz CT molecular complexity index is 592. The number of carbonyl (C=O) groups excluding carboxylic acids is 1. The normalized spacial score (nSPS) is 28.0. The SMILES string of the molecule is CCCCOc1ccc(C(=O)N2CC3(C)CC2CC(C)(C)C3)cc1. The summed E-state index contributed by atoms with van der Waals surface area (Å²) in [6.45, 7) is 10.8. The minimum Gasteiger partial charge on any atom is -0.494 e. The van der Waals surface area contributed by atoms with E-state index >= 15 is 0 Å². The maximum Gasteiger partial charge on any atom is 0.254 e. The van der Waals surface area contributed by atoms with E-state index < -0.39 is 0 Å². The van der Waals surface area contributed by atoms with Crippen LogP contribution in [0.5, 0.6) is 5.75 Å². The number of unbranched alkanes of at least 4 members (excludes halogenated alkanes) is 1. The van der Waals surface area contributed by atoms with Gasteiger partial charge in [-0.2, -0.15) is 0 Å². The summed E-state index contributed by atoms with van der Waals surface area (Å²) in [6, 6.07) is 8.08. The molecule has 2 atom stereocenters. The number of ether oxygens (including phenoxy) is 1. The van der Waals surface area contributed by atoms with Gasteiger partial charge in [0.05, 0.1) is 6.61 Å². The van der Waals surface area contributed by atoms with Gasteiger partial charge in [-0.1, -0.05) is 34.1 Å². The Labute approximate surface area is 146 Å². The van der Waals surface area contributed by atoms with Crippen molar-refractivity contribution in [2.75, 3.05) is 13.2 Å². The molecule has 2 aliphatic rings. The average molecular weight is 329 g/mol. The van der Waals surface area contributed by atoms with Crippen molar-refractivity contribution >= 4 is 5.91 Å². The molecule has 1 saturated carbocycles. The Morgan fingerprint density at radius 3 is 2.58 bits per heavy atom. The highest BCUT2D eigenvalue weighted by atomic mass is 16.5. The number of nitrogens with zero attached hydrogens (tertiary/aromatic N) is 1. The largest absolute Gasteiger partial charge is 0.494 e. The molecule has 1 saturated heterocycles. The van der Waals surface area contributed by atoms with Crippen molar-refractivity contribution in [1.82, 2.24) is 4.90 Å². The summed E-state index contributed by atoms with van der Waals surface area (Å²) in [6.07, 6.45) is 5.67. The van der Waals surface area contributed by atoms with Gasteiger partial charge in [0.2, 0.25) is 0 Å². The van der Waals surface area contributed by atoms with Gasteiger partial charge in [-0.25, -0.2) is 0 Å². The lowest BCUT2D eigenvalue weighted by Crippen LogP contribution is -2.37. The molecule has 1 aliphatic heterocycles. The van der Waals surface area contributed by atoms with E-state index in [-0.39, 0.29) is 11.3 Å². The topological polar surface area (TPSA) is 29.5 Å². The Morgan fingerprint density at radius 1 is 1.21 bits per heavy atom. The van der Waals surface area contributed by atoms with Gasteiger partial charge >= 0.3 is 0 Å². The molecule has 2 fully saturated rings. The number of hydrogen-bond donors (Lipinski definition) is 0. The summed E-state index contributed by atoms with van der Waals surface area (Å²) < 4.78 is 5.69. The van der Waals surface area contributed by atoms with Crippen molar-refractivity contribution < 1.29 is 9.53 Å². The summed E-state index contributed by atoms with van der Waals surface area (Å²) in [5, 5.41) is 0. The molecule has 0 spiro atoms. The molecule has 0 N–H and O–H groups in total. The van der Waals surface area contributed by atoms with E-state index in [1.54, 1.807) is 0 Å². The van der Waals surface area contributed by atoms with Gasteiger partial charge in [0.1, 0.15) is 5.75 Å². The van der Waals surface area contributed by atoms with Crippen molar-refractivity contribution in [1.29, 1.82) is 0 Å². The molecule has 1 aromatic carbocycles. The first-order valence-electron chi connectivity index (χ1n) is 9.36. The minimum atomic E-state index is 0.182. The van der Waals surface area contributed by atoms with Gasteiger partial charge in [0, 0.05) is 18.2 Å². The molecule has 132 valence electrons. The molecular weight excluding hydrogens is 298 g/mol. The van der Waals surface area contributed by atoms with Crippen LogP contribution in [0, 0.1) is 10.8 Å². The van der Waals surface area contributed by atoms with Crippen LogP contribution in [0.4, 0.5) is 0 Å². The van der Waals surface area contributed by atoms with E-state index in [4.69, 9.17) is 4.74 Å². The van der Waals surface area contributed by atoms with Crippen LogP contribution in [-0.4, -0.2) is 30.0 Å². The molecule has 1 aromatic rings. The van der Waals surface area contributed by atoms with Gasteiger partial charge in [-0.05, 0) is 60.8 Å². The first kappa shape index (κ1) is 17.3. The highest BCUT2D eigenvalue weighted by Crippen LogP contribution is 2.52. The molecule has 3 heteroatoms. The average Bonchev–Trinajstić information content (AvgIpc) is 2.76. The fraction of sp³-hybridized carbons (Fsp3) is 0.667. The van der Waals surface area contributed by atoms with Crippen molar-refractivity contribution in [2.24, 2.45) is 10.8 Å². The summed E-state index contributed by atoms with van der Waals surface area (Å²) in [5.41, 5.74) is 1.40. The third-order valence-corrected chi connectivity index (χ3v) is 5.54. The highest BCUT2D eigenvalue weighted by Gasteiger charge is 2.50.